The number of esters is 2. The molecule has 0 saturated carbocycles. The fraction of sp³-hybridized carbons (Fsp3) is 0.296. The number of amides is 1. The molecule has 2 aromatic carbocycles. The van der Waals surface area contributed by atoms with Gasteiger partial charge in [-0.2, -0.15) is 0 Å². The molecule has 0 aliphatic carbocycles. The third kappa shape index (κ3) is 6.09. The van der Waals surface area contributed by atoms with Gasteiger partial charge in [-0.15, -0.1) is 0 Å². The number of ether oxygens (including phenoxy) is 3. The Morgan fingerprint density at radius 1 is 0.971 bits per heavy atom. The molecule has 1 aliphatic heterocycles. The topological polar surface area (TPSA) is 85.4 Å². The minimum absolute atomic E-state index is 0.0645. The molecule has 2 aromatic rings. The van der Waals surface area contributed by atoms with Crippen LogP contribution in [-0.2, 0) is 23.8 Å². The molecule has 1 amide bonds. The molecule has 0 saturated heterocycles. The summed E-state index contributed by atoms with van der Waals surface area (Å²) in [6, 6.07) is 16.3. The molecule has 1 heterocycles. The van der Waals surface area contributed by atoms with E-state index in [-0.39, 0.29) is 25.0 Å². The number of benzene rings is 2. The summed E-state index contributed by atoms with van der Waals surface area (Å²) < 4.78 is 15.9. The van der Waals surface area contributed by atoms with Gasteiger partial charge in [0.15, 0.2) is 0 Å². The van der Waals surface area contributed by atoms with E-state index in [1.807, 2.05) is 30.3 Å². The quantitative estimate of drug-likeness (QED) is 0.303. The summed E-state index contributed by atoms with van der Waals surface area (Å²) >= 11 is 0. The number of hydrogen-bond donors (Lipinski definition) is 0. The van der Waals surface area contributed by atoms with E-state index in [9.17, 15) is 14.4 Å². The fourth-order valence-corrected chi connectivity index (χ4v) is 3.68. The normalized spacial score (nSPS) is 14.8. The van der Waals surface area contributed by atoms with Crippen LogP contribution in [0.25, 0.3) is 6.08 Å². The number of carbonyl (C=O) groups excluding carboxylic acids is 3. The zero-order valence-electron chi connectivity index (χ0n) is 20.3. The van der Waals surface area contributed by atoms with Crippen LogP contribution < -0.4 is 9.80 Å². The second kappa shape index (κ2) is 11.9. The smallest absolute Gasteiger partial charge is 0.416 e. The van der Waals surface area contributed by atoms with Crippen LogP contribution in [0.1, 0.15) is 33.3 Å². The van der Waals surface area contributed by atoms with E-state index >= 15 is 0 Å². The average molecular weight is 479 g/mol. The Labute approximate surface area is 205 Å². The Morgan fingerprint density at radius 2 is 1.63 bits per heavy atom. The van der Waals surface area contributed by atoms with Crippen molar-refractivity contribution in [2.45, 2.75) is 40.0 Å². The lowest BCUT2D eigenvalue weighted by Gasteiger charge is -2.41. The lowest BCUT2D eigenvalue weighted by Crippen LogP contribution is -2.53. The van der Waals surface area contributed by atoms with Crippen LogP contribution in [0.2, 0.25) is 0 Å². The zero-order valence-corrected chi connectivity index (χ0v) is 20.3. The highest BCUT2D eigenvalue weighted by Crippen LogP contribution is 2.36. The monoisotopic (exact) mass is 478 g/mol. The number of hydrogen-bond acceptors (Lipinski definition) is 7. The summed E-state index contributed by atoms with van der Waals surface area (Å²) in [5.74, 6) is -1.42. The molecule has 0 spiro atoms. The van der Waals surface area contributed by atoms with Crippen LogP contribution in [0.3, 0.4) is 0 Å². The molecular formula is C27H30N2O6. The van der Waals surface area contributed by atoms with E-state index in [2.05, 4.69) is 0 Å². The molecule has 1 unspecified atom stereocenters. The molecule has 0 aromatic heterocycles. The van der Waals surface area contributed by atoms with E-state index in [1.54, 1.807) is 69.0 Å². The third-order valence-electron chi connectivity index (χ3n) is 5.03. The van der Waals surface area contributed by atoms with Crippen LogP contribution in [-0.4, -0.2) is 43.5 Å². The lowest BCUT2D eigenvalue weighted by molar-refractivity contribution is -0.141. The first kappa shape index (κ1) is 25.6. The molecule has 0 radical (unpaired) electrons. The van der Waals surface area contributed by atoms with Gasteiger partial charge in [0.2, 0.25) is 0 Å². The maximum Gasteiger partial charge on any atom is 0.416 e. The van der Waals surface area contributed by atoms with Gasteiger partial charge < -0.3 is 19.1 Å². The van der Waals surface area contributed by atoms with Crippen molar-refractivity contribution in [1.29, 1.82) is 0 Å². The SMILES string of the molecule is CCOC(=O)/C=C(\C(=O)OCC)N1c2ccccc2C=CC1N(C(=O)OC(C)C)c1ccccc1. The highest BCUT2D eigenvalue weighted by atomic mass is 16.6. The number of nitrogens with zero attached hydrogens (tertiary/aromatic N) is 2. The van der Waals surface area contributed by atoms with E-state index < -0.39 is 24.2 Å². The maximum atomic E-state index is 13.4. The summed E-state index contributed by atoms with van der Waals surface area (Å²) in [5.41, 5.74) is 1.90. The van der Waals surface area contributed by atoms with Crippen LogP contribution in [0.4, 0.5) is 16.2 Å². The van der Waals surface area contributed by atoms with Crippen LogP contribution in [0.15, 0.2) is 72.4 Å². The van der Waals surface area contributed by atoms with E-state index in [0.29, 0.717) is 11.4 Å². The van der Waals surface area contributed by atoms with Gasteiger partial charge >= 0.3 is 18.0 Å². The molecule has 184 valence electrons. The fourth-order valence-electron chi connectivity index (χ4n) is 3.68. The second-order valence-electron chi connectivity index (χ2n) is 7.84. The molecular weight excluding hydrogens is 448 g/mol. The lowest BCUT2D eigenvalue weighted by atomic mass is 10.0. The number of rotatable bonds is 8. The molecule has 0 N–H and O–H groups in total. The van der Waals surface area contributed by atoms with Crippen molar-refractivity contribution in [3.05, 3.63) is 78.0 Å². The second-order valence-corrected chi connectivity index (χ2v) is 7.84. The van der Waals surface area contributed by atoms with Gasteiger partial charge in [-0.05, 0) is 57.5 Å². The summed E-state index contributed by atoms with van der Waals surface area (Å²) in [6.07, 6.45) is 2.91. The Bertz CT molecular complexity index is 1110. The molecule has 0 bridgehead atoms. The Morgan fingerprint density at radius 3 is 2.29 bits per heavy atom. The predicted molar refractivity (Wildman–Crippen MR) is 134 cm³/mol. The van der Waals surface area contributed by atoms with Gasteiger partial charge in [0, 0.05) is 5.69 Å². The van der Waals surface area contributed by atoms with Gasteiger partial charge in [-0.25, -0.2) is 14.4 Å². The van der Waals surface area contributed by atoms with Crippen LogP contribution in [0, 0.1) is 0 Å². The molecule has 1 aliphatic rings. The molecule has 1 atom stereocenters. The summed E-state index contributed by atoms with van der Waals surface area (Å²) in [7, 11) is 0. The first-order valence-corrected chi connectivity index (χ1v) is 11.5. The first-order chi connectivity index (χ1) is 16.9. The largest absolute Gasteiger partial charge is 0.463 e. The van der Waals surface area contributed by atoms with Crippen molar-refractivity contribution in [1.82, 2.24) is 0 Å². The Hall–Kier alpha value is -4.07. The molecule has 35 heavy (non-hydrogen) atoms. The van der Waals surface area contributed by atoms with Gasteiger partial charge in [0.1, 0.15) is 11.9 Å². The van der Waals surface area contributed by atoms with Crippen molar-refractivity contribution in [2.75, 3.05) is 23.0 Å². The maximum absolute atomic E-state index is 13.4. The van der Waals surface area contributed by atoms with Gasteiger partial charge in [0.25, 0.3) is 0 Å². The minimum atomic E-state index is -0.844. The number of carbonyl (C=O) groups is 3. The van der Waals surface area contributed by atoms with Crippen molar-refractivity contribution < 1.29 is 28.6 Å². The standard InChI is InChI=1S/C27H30N2O6/c1-5-33-25(30)18-23(26(31)34-6-2)29-22-15-11-10-12-20(22)16-17-24(29)28(27(32)35-19(3)4)21-13-8-7-9-14-21/h7-19,24H,5-6H2,1-4H3/b23-18+. The van der Waals surface area contributed by atoms with Gasteiger partial charge in [-0.3, -0.25) is 4.90 Å². The number of anilines is 2. The number of para-hydroxylation sites is 2. The van der Waals surface area contributed by atoms with E-state index in [1.165, 1.54) is 4.90 Å². The van der Waals surface area contributed by atoms with Gasteiger partial charge in [-0.1, -0.05) is 42.5 Å². The molecule has 0 fully saturated rings. The van der Waals surface area contributed by atoms with Crippen molar-refractivity contribution in [2.24, 2.45) is 0 Å². The predicted octanol–water partition coefficient (Wildman–Crippen LogP) is 4.91. The summed E-state index contributed by atoms with van der Waals surface area (Å²) in [4.78, 5) is 42.0. The van der Waals surface area contributed by atoms with Crippen LogP contribution in [0.5, 0.6) is 0 Å². The van der Waals surface area contributed by atoms with Crippen LogP contribution >= 0.6 is 0 Å². The number of fused-ring (bicyclic) bond motifs is 1. The van der Waals surface area contributed by atoms with Crippen molar-refractivity contribution in [3.63, 3.8) is 0 Å². The highest BCUT2D eigenvalue weighted by Gasteiger charge is 2.37. The minimum Gasteiger partial charge on any atom is -0.463 e. The Balaban J connectivity index is 2.23. The zero-order chi connectivity index (χ0) is 25.4. The first-order valence-electron chi connectivity index (χ1n) is 11.5. The summed E-state index contributed by atoms with van der Waals surface area (Å²) in [5, 5.41) is 0. The molecule has 8 nitrogen and oxygen atoms in total. The third-order valence-corrected chi connectivity index (χ3v) is 5.03. The Kier molecular flexibility index (Phi) is 8.67. The average Bonchev–Trinajstić information content (AvgIpc) is 2.83. The highest BCUT2D eigenvalue weighted by molar-refractivity contribution is 6.02. The van der Waals surface area contributed by atoms with Crippen molar-refractivity contribution in [3.8, 4) is 0 Å². The summed E-state index contributed by atoms with van der Waals surface area (Å²) in [6.45, 7) is 7.12. The van der Waals surface area contributed by atoms with E-state index in [0.717, 1.165) is 11.6 Å². The molecule has 8 heteroatoms. The van der Waals surface area contributed by atoms with E-state index in [4.69, 9.17) is 14.2 Å². The van der Waals surface area contributed by atoms with Gasteiger partial charge in [0.05, 0.1) is 31.1 Å². The van der Waals surface area contributed by atoms with Crippen molar-refractivity contribution >= 4 is 35.5 Å². The molecule has 3 rings (SSSR count).